The van der Waals surface area contributed by atoms with Gasteiger partial charge in [-0.15, -0.1) is 0 Å². The number of hydrogen-bond acceptors (Lipinski definition) is 1. The van der Waals surface area contributed by atoms with Gasteiger partial charge in [-0.05, 0) is 37.3 Å². The Morgan fingerprint density at radius 2 is 1.86 bits per heavy atom. The predicted molar refractivity (Wildman–Crippen MR) is 86.5 cm³/mol. The van der Waals surface area contributed by atoms with Gasteiger partial charge in [0.25, 0.3) is 5.91 Å². The highest BCUT2D eigenvalue weighted by Crippen LogP contribution is 2.13. The Labute approximate surface area is 134 Å². The first-order valence-electron chi connectivity index (χ1n) is 7.09. The summed E-state index contributed by atoms with van der Waals surface area (Å²) in [5.41, 5.74) is 1.30. The zero-order valence-electron chi connectivity index (χ0n) is 12.6. The molecule has 0 spiro atoms. The molecule has 0 heterocycles. The zero-order valence-corrected chi connectivity index (χ0v) is 13.3. The van der Waals surface area contributed by atoms with Crippen LogP contribution in [0.15, 0.2) is 48.5 Å². The van der Waals surface area contributed by atoms with E-state index in [1.807, 2.05) is 14.0 Å². The first-order valence-corrected chi connectivity index (χ1v) is 7.47. The number of carbonyl (C=O) groups is 1. The van der Waals surface area contributed by atoms with Gasteiger partial charge >= 0.3 is 0 Å². The maximum absolute atomic E-state index is 13.7. The second kappa shape index (κ2) is 7.38. The van der Waals surface area contributed by atoms with Crippen LogP contribution in [0.3, 0.4) is 0 Å². The van der Waals surface area contributed by atoms with Gasteiger partial charge < -0.3 is 10.2 Å². The lowest BCUT2D eigenvalue weighted by Gasteiger charge is -2.21. The number of rotatable bonds is 5. The van der Waals surface area contributed by atoms with Gasteiger partial charge in [0.05, 0.1) is 7.05 Å². The minimum absolute atomic E-state index is 0.115. The quantitative estimate of drug-likeness (QED) is 0.872. The molecule has 3 nitrogen and oxygen atoms in total. The van der Waals surface area contributed by atoms with E-state index in [0.29, 0.717) is 22.8 Å². The highest BCUT2D eigenvalue weighted by molar-refractivity contribution is 6.30. The van der Waals surface area contributed by atoms with Gasteiger partial charge in [0.2, 0.25) is 0 Å². The Bertz CT molecular complexity index is 645. The summed E-state index contributed by atoms with van der Waals surface area (Å²) < 4.78 is 13.7. The van der Waals surface area contributed by atoms with E-state index in [0.717, 1.165) is 4.90 Å². The van der Waals surface area contributed by atoms with Crippen LogP contribution in [0.4, 0.5) is 10.1 Å². The fourth-order valence-corrected chi connectivity index (χ4v) is 2.23. The van der Waals surface area contributed by atoms with E-state index < -0.39 is 0 Å². The summed E-state index contributed by atoms with van der Waals surface area (Å²) in [5.74, 6) is -0.358. The summed E-state index contributed by atoms with van der Waals surface area (Å²) in [6.45, 7) is 2.27. The van der Waals surface area contributed by atoms with Crippen molar-refractivity contribution in [2.45, 2.75) is 19.5 Å². The van der Waals surface area contributed by atoms with E-state index in [4.69, 9.17) is 11.6 Å². The standard InChI is InChI=1S/C17H18ClFN2O/c1-12(17(22)20-15-9-7-14(18)8-10-15)21(2)11-13-5-3-4-6-16(13)19/h3-10,12H,11H2,1-2H3,(H,20,22)/p+1/t12-/m1/s1. The first kappa shape index (κ1) is 16.5. The molecule has 1 amide bonds. The van der Waals surface area contributed by atoms with Gasteiger partial charge in [-0.3, -0.25) is 4.79 Å². The molecule has 0 saturated heterocycles. The average molecular weight is 322 g/mol. The van der Waals surface area contributed by atoms with Crippen LogP contribution in [0.1, 0.15) is 12.5 Å². The number of quaternary nitrogens is 1. The van der Waals surface area contributed by atoms with Gasteiger partial charge in [0.1, 0.15) is 12.4 Å². The van der Waals surface area contributed by atoms with Crippen molar-refractivity contribution in [3.63, 3.8) is 0 Å². The third-order valence-corrected chi connectivity index (χ3v) is 3.92. The van der Waals surface area contributed by atoms with Crippen molar-refractivity contribution < 1.29 is 14.1 Å². The monoisotopic (exact) mass is 321 g/mol. The minimum Gasteiger partial charge on any atom is -0.324 e. The Balaban J connectivity index is 1.97. The number of nitrogens with one attached hydrogen (secondary N) is 2. The number of anilines is 1. The van der Waals surface area contributed by atoms with Gasteiger partial charge in [-0.2, -0.15) is 0 Å². The molecule has 22 heavy (non-hydrogen) atoms. The van der Waals surface area contributed by atoms with E-state index in [9.17, 15) is 9.18 Å². The van der Waals surface area contributed by atoms with Crippen LogP contribution in [0.5, 0.6) is 0 Å². The fraction of sp³-hybridized carbons (Fsp3) is 0.235. The molecule has 0 aromatic heterocycles. The largest absolute Gasteiger partial charge is 0.324 e. The number of likely N-dealkylation sites (N-methyl/N-ethyl adjacent to an activating group) is 1. The SMILES string of the molecule is C[C@H](C(=O)Nc1ccc(Cl)cc1)[NH+](C)Cc1ccccc1F. The van der Waals surface area contributed by atoms with Crippen molar-refractivity contribution in [3.8, 4) is 0 Å². The molecule has 116 valence electrons. The lowest BCUT2D eigenvalue weighted by atomic mass is 10.1. The number of halogens is 2. The molecule has 2 rings (SSSR count). The summed E-state index contributed by atoms with van der Waals surface area (Å²) in [5, 5.41) is 3.46. The number of benzene rings is 2. The average Bonchev–Trinajstić information content (AvgIpc) is 2.51. The Morgan fingerprint density at radius 3 is 2.50 bits per heavy atom. The van der Waals surface area contributed by atoms with Crippen LogP contribution in [0.2, 0.25) is 5.02 Å². The molecule has 0 saturated carbocycles. The van der Waals surface area contributed by atoms with Crippen molar-refractivity contribution in [2.75, 3.05) is 12.4 Å². The molecule has 2 aromatic rings. The van der Waals surface area contributed by atoms with Crippen LogP contribution >= 0.6 is 11.6 Å². The summed E-state index contributed by atoms with van der Waals surface area (Å²) >= 11 is 5.81. The van der Waals surface area contributed by atoms with Crippen molar-refractivity contribution >= 4 is 23.2 Å². The summed E-state index contributed by atoms with van der Waals surface area (Å²) in [4.78, 5) is 13.2. The molecule has 2 atom stereocenters. The third kappa shape index (κ3) is 4.29. The van der Waals surface area contributed by atoms with Gasteiger partial charge in [0.15, 0.2) is 6.04 Å². The third-order valence-electron chi connectivity index (χ3n) is 3.67. The number of hydrogen-bond donors (Lipinski definition) is 2. The van der Waals surface area contributed by atoms with Crippen LogP contribution in [-0.2, 0) is 11.3 Å². The molecule has 1 unspecified atom stereocenters. The maximum Gasteiger partial charge on any atom is 0.282 e. The highest BCUT2D eigenvalue weighted by atomic mass is 35.5. The van der Waals surface area contributed by atoms with E-state index in [2.05, 4.69) is 5.32 Å². The van der Waals surface area contributed by atoms with Crippen molar-refractivity contribution in [1.29, 1.82) is 0 Å². The van der Waals surface area contributed by atoms with Gasteiger partial charge in [-0.1, -0.05) is 29.8 Å². The van der Waals surface area contributed by atoms with E-state index in [1.165, 1.54) is 6.07 Å². The summed E-state index contributed by atoms with van der Waals surface area (Å²) in [6.07, 6.45) is 0. The van der Waals surface area contributed by atoms with Crippen LogP contribution < -0.4 is 10.2 Å². The molecule has 5 heteroatoms. The number of carbonyl (C=O) groups excluding carboxylic acids is 1. The van der Waals surface area contributed by atoms with Crippen molar-refractivity contribution in [3.05, 3.63) is 64.9 Å². The molecule has 0 aliphatic heterocycles. The fourth-order valence-electron chi connectivity index (χ4n) is 2.10. The normalized spacial score (nSPS) is 13.5. The number of amides is 1. The smallest absolute Gasteiger partial charge is 0.282 e. The zero-order chi connectivity index (χ0) is 16.1. The Hall–Kier alpha value is -1.91. The van der Waals surface area contributed by atoms with Crippen molar-refractivity contribution in [1.82, 2.24) is 0 Å². The van der Waals surface area contributed by atoms with Crippen LogP contribution in [0.25, 0.3) is 0 Å². The van der Waals surface area contributed by atoms with E-state index in [1.54, 1.807) is 42.5 Å². The molecule has 0 aliphatic rings. The highest BCUT2D eigenvalue weighted by Gasteiger charge is 2.22. The maximum atomic E-state index is 13.7. The molecule has 2 aromatic carbocycles. The second-order valence-corrected chi connectivity index (χ2v) is 5.77. The molecular weight excluding hydrogens is 303 g/mol. The molecule has 0 fully saturated rings. The van der Waals surface area contributed by atoms with Gasteiger partial charge in [0, 0.05) is 16.3 Å². The first-order chi connectivity index (χ1) is 10.5. The summed E-state index contributed by atoms with van der Waals surface area (Å²) in [7, 11) is 1.87. The van der Waals surface area contributed by atoms with E-state index in [-0.39, 0.29) is 17.8 Å². The van der Waals surface area contributed by atoms with Crippen LogP contribution in [0, 0.1) is 5.82 Å². The van der Waals surface area contributed by atoms with Crippen LogP contribution in [-0.4, -0.2) is 19.0 Å². The van der Waals surface area contributed by atoms with E-state index >= 15 is 0 Å². The Morgan fingerprint density at radius 1 is 1.23 bits per heavy atom. The summed E-state index contributed by atoms with van der Waals surface area (Å²) in [6, 6.07) is 13.3. The topological polar surface area (TPSA) is 33.5 Å². The lowest BCUT2D eigenvalue weighted by molar-refractivity contribution is -0.908. The molecule has 2 N–H and O–H groups in total. The molecule has 0 aliphatic carbocycles. The molecule has 0 radical (unpaired) electrons. The minimum atomic E-state index is -0.310. The second-order valence-electron chi connectivity index (χ2n) is 5.33. The van der Waals surface area contributed by atoms with Crippen molar-refractivity contribution in [2.24, 2.45) is 0 Å². The molecule has 0 bridgehead atoms. The predicted octanol–water partition coefficient (Wildman–Crippen LogP) is 2.52. The van der Waals surface area contributed by atoms with Gasteiger partial charge in [-0.25, -0.2) is 4.39 Å². The lowest BCUT2D eigenvalue weighted by Crippen LogP contribution is -3.12. The molecular formula is C17H19ClFN2O+. The Kier molecular flexibility index (Phi) is 5.52.